The Hall–Kier alpha value is -2.53. The van der Waals surface area contributed by atoms with Gasteiger partial charge in [0.1, 0.15) is 11.5 Å². The normalized spacial score (nSPS) is 20.1. The molecular weight excluding hydrogens is 350 g/mol. The number of rotatable bonds is 3. The van der Waals surface area contributed by atoms with E-state index in [0.29, 0.717) is 0 Å². The van der Waals surface area contributed by atoms with Crippen LogP contribution in [0.1, 0.15) is 58.9 Å². The van der Waals surface area contributed by atoms with Crippen LogP contribution in [0.4, 0.5) is 0 Å². The Balaban J connectivity index is 1.44. The van der Waals surface area contributed by atoms with Crippen LogP contribution in [0.2, 0.25) is 0 Å². The third kappa shape index (κ3) is 2.85. The standard InChI is InChI=1S/C23H27N3O2/c1-15-13-19(21(28-15)14-25-10-5-6-11-25)23(27)26-12-9-18-17-7-3-4-8-20(17)24-22(18)16(26)2/h3-4,7-8,13,16,24H,5-6,9-12,14H2,1-2H3. The summed E-state index contributed by atoms with van der Waals surface area (Å²) in [6.07, 6.45) is 3.35. The molecule has 1 saturated heterocycles. The third-order valence-electron chi connectivity index (χ3n) is 6.32. The van der Waals surface area contributed by atoms with E-state index in [4.69, 9.17) is 4.42 Å². The summed E-state index contributed by atoms with van der Waals surface area (Å²) in [6.45, 7) is 7.70. The fourth-order valence-corrected chi connectivity index (χ4v) is 4.87. The zero-order valence-electron chi connectivity index (χ0n) is 16.6. The second kappa shape index (κ2) is 6.82. The summed E-state index contributed by atoms with van der Waals surface area (Å²) in [5.41, 5.74) is 4.41. The summed E-state index contributed by atoms with van der Waals surface area (Å²) < 4.78 is 5.94. The number of H-pyrrole nitrogens is 1. The fourth-order valence-electron chi connectivity index (χ4n) is 4.87. The highest BCUT2D eigenvalue weighted by atomic mass is 16.3. The Bertz CT molecular complexity index is 1030. The van der Waals surface area contributed by atoms with Gasteiger partial charge < -0.3 is 14.3 Å². The number of nitrogens with one attached hydrogen (secondary N) is 1. The van der Waals surface area contributed by atoms with Crippen LogP contribution < -0.4 is 0 Å². The van der Waals surface area contributed by atoms with Gasteiger partial charge in [0.25, 0.3) is 5.91 Å². The molecule has 1 atom stereocenters. The first-order valence-corrected chi connectivity index (χ1v) is 10.3. The molecule has 0 aliphatic carbocycles. The van der Waals surface area contributed by atoms with Crippen LogP contribution >= 0.6 is 0 Å². The van der Waals surface area contributed by atoms with Crippen LogP contribution in [-0.2, 0) is 13.0 Å². The molecule has 5 rings (SSSR count). The number of amides is 1. The van der Waals surface area contributed by atoms with Crippen molar-refractivity contribution in [3.8, 4) is 0 Å². The molecule has 1 unspecified atom stereocenters. The van der Waals surface area contributed by atoms with Crippen LogP contribution in [-0.4, -0.2) is 40.3 Å². The summed E-state index contributed by atoms with van der Waals surface area (Å²) in [6, 6.07) is 10.4. The summed E-state index contributed by atoms with van der Waals surface area (Å²) >= 11 is 0. The second-order valence-corrected chi connectivity index (χ2v) is 8.16. The molecule has 4 heterocycles. The minimum absolute atomic E-state index is 0.0264. The van der Waals surface area contributed by atoms with Gasteiger partial charge in [0, 0.05) is 23.1 Å². The van der Waals surface area contributed by atoms with Crippen LogP contribution in [0.15, 0.2) is 34.7 Å². The number of likely N-dealkylation sites (tertiary alicyclic amines) is 1. The number of aryl methyl sites for hydroxylation is 1. The second-order valence-electron chi connectivity index (χ2n) is 8.16. The molecule has 0 spiro atoms. The zero-order chi connectivity index (χ0) is 19.3. The Kier molecular flexibility index (Phi) is 4.27. The van der Waals surface area contributed by atoms with Crippen LogP contribution in [0.3, 0.4) is 0 Å². The van der Waals surface area contributed by atoms with Crippen molar-refractivity contribution in [3.05, 3.63) is 58.7 Å². The van der Waals surface area contributed by atoms with Gasteiger partial charge >= 0.3 is 0 Å². The molecule has 2 aromatic heterocycles. The molecule has 2 aliphatic rings. The van der Waals surface area contributed by atoms with Crippen molar-refractivity contribution in [2.24, 2.45) is 0 Å². The van der Waals surface area contributed by atoms with Crippen molar-refractivity contribution in [1.82, 2.24) is 14.8 Å². The van der Waals surface area contributed by atoms with E-state index in [-0.39, 0.29) is 11.9 Å². The van der Waals surface area contributed by atoms with Gasteiger partial charge in [0.2, 0.25) is 0 Å². The monoisotopic (exact) mass is 377 g/mol. The smallest absolute Gasteiger partial charge is 0.258 e. The highest BCUT2D eigenvalue weighted by Gasteiger charge is 2.33. The quantitative estimate of drug-likeness (QED) is 0.735. The molecule has 28 heavy (non-hydrogen) atoms. The number of carbonyl (C=O) groups excluding carboxylic acids is 1. The third-order valence-corrected chi connectivity index (χ3v) is 6.32. The van der Waals surface area contributed by atoms with Gasteiger partial charge in [-0.2, -0.15) is 0 Å². The lowest BCUT2D eigenvalue weighted by atomic mass is 9.97. The highest BCUT2D eigenvalue weighted by molar-refractivity contribution is 5.96. The molecule has 5 nitrogen and oxygen atoms in total. The number of furan rings is 1. The zero-order valence-corrected chi connectivity index (χ0v) is 16.6. The summed E-state index contributed by atoms with van der Waals surface area (Å²) in [7, 11) is 0. The Labute approximate surface area is 165 Å². The van der Waals surface area contributed by atoms with Gasteiger partial charge in [0.05, 0.1) is 18.2 Å². The van der Waals surface area contributed by atoms with Gasteiger partial charge in [-0.3, -0.25) is 9.69 Å². The average Bonchev–Trinajstić information content (AvgIpc) is 3.41. The van der Waals surface area contributed by atoms with Crippen molar-refractivity contribution in [2.45, 2.75) is 45.7 Å². The minimum Gasteiger partial charge on any atom is -0.464 e. The lowest BCUT2D eigenvalue weighted by Crippen LogP contribution is -2.39. The van der Waals surface area contributed by atoms with Gasteiger partial charge in [0.15, 0.2) is 0 Å². The molecule has 0 saturated carbocycles. The van der Waals surface area contributed by atoms with Crippen molar-refractivity contribution < 1.29 is 9.21 Å². The Morgan fingerprint density at radius 2 is 2.00 bits per heavy atom. The summed E-state index contributed by atoms with van der Waals surface area (Å²) in [5.74, 6) is 1.72. The molecule has 2 aliphatic heterocycles. The molecule has 0 bridgehead atoms. The van der Waals surface area contributed by atoms with E-state index < -0.39 is 0 Å². The number of hydrogen-bond acceptors (Lipinski definition) is 3. The molecule has 5 heteroatoms. The van der Waals surface area contributed by atoms with Gasteiger partial charge in [-0.25, -0.2) is 0 Å². The summed E-state index contributed by atoms with van der Waals surface area (Å²) in [5, 5.41) is 1.28. The molecule has 1 fully saturated rings. The number of para-hydroxylation sites is 1. The molecule has 0 radical (unpaired) electrons. The van der Waals surface area contributed by atoms with Gasteiger partial charge in [-0.1, -0.05) is 18.2 Å². The number of hydrogen-bond donors (Lipinski definition) is 1. The maximum atomic E-state index is 13.5. The van der Waals surface area contributed by atoms with E-state index in [2.05, 4.69) is 41.1 Å². The molecule has 3 aromatic rings. The molecule has 1 amide bonds. The Morgan fingerprint density at radius 3 is 2.82 bits per heavy atom. The van der Waals surface area contributed by atoms with Crippen LogP contribution in [0, 0.1) is 6.92 Å². The molecular formula is C23H27N3O2. The Morgan fingerprint density at radius 1 is 1.21 bits per heavy atom. The van der Waals surface area contributed by atoms with E-state index in [1.54, 1.807) is 0 Å². The minimum atomic E-state index is 0.0264. The maximum Gasteiger partial charge on any atom is 0.258 e. The van der Waals surface area contributed by atoms with Crippen molar-refractivity contribution in [3.63, 3.8) is 0 Å². The average molecular weight is 377 g/mol. The number of nitrogens with zero attached hydrogens (tertiary/aromatic N) is 2. The van der Waals surface area contributed by atoms with E-state index in [0.717, 1.165) is 55.2 Å². The summed E-state index contributed by atoms with van der Waals surface area (Å²) in [4.78, 5) is 21.4. The number of aromatic nitrogens is 1. The topological polar surface area (TPSA) is 52.5 Å². The largest absolute Gasteiger partial charge is 0.464 e. The SMILES string of the molecule is Cc1cc(C(=O)N2CCc3c([nH]c4ccccc34)C2C)c(CN2CCCC2)o1. The lowest BCUT2D eigenvalue weighted by molar-refractivity contribution is 0.0671. The van der Waals surface area contributed by atoms with E-state index in [1.165, 1.54) is 29.5 Å². The first-order chi connectivity index (χ1) is 13.6. The van der Waals surface area contributed by atoms with Gasteiger partial charge in [-0.15, -0.1) is 0 Å². The number of fused-ring (bicyclic) bond motifs is 3. The predicted molar refractivity (Wildman–Crippen MR) is 109 cm³/mol. The predicted octanol–water partition coefficient (Wildman–Crippen LogP) is 4.42. The van der Waals surface area contributed by atoms with E-state index >= 15 is 0 Å². The van der Waals surface area contributed by atoms with Crippen molar-refractivity contribution in [2.75, 3.05) is 19.6 Å². The van der Waals surface area contributed by atoms with Crippen molar-refractivity contribution in [1.29, 1.82) is 0 Å². The molecule has 1 aromatic carbocycles. The van der Waals surface area contributed by atoms with Gasteiger partial charge in [-0.05, 0) is 63.9 Å². The molecule has 146 valence electrons. The number of carbonyl (C=O) groups is 1. The molecule has 1 N–H and O–H groups in total. The van der Waals surface area contributed by atoms with Crippen molar-refractivity contribution >= 4 is 16.8 Å². The maximum absolute atomic E-state index is 13.5. The lowest BCUT2D eigenvalue weighted by Gasteiger charge is -2.33. The van der Waals surface area contributed by atoms with Crippen LogP contribution in [0.25, 0.3) is 10.9 Å². The first kappa shape index (κ1) is 17.6. The number of benzene rings is 1. The highest BCUT2D eigenvalue weighted by Crippen LogP contribution is 2.35. The fraction of sp³-hybridized carbons (Fsp3) is 0.435. The first-order valence-electron chi connectivity index (χ1n) is 10.3. The number of aromatic amines is 1. The van der Waals surface area contributed by atoms with E-state index in [9.17, 15) is 4.79 Å². The van der Waals surface area contributed by atoms with Crippen LogP contribution in [0.5, 0.6) is 0 Å². The van der Waals surface area contributed by atoms with E-state index in [1.807, 2.05) is 17.9 Å².